The minimum absolute atomic E-state index is 0.872. The topological polar surface area (TPSA) is 16.4 Å². The first kappa shape index (κ1) is 27.4. The van der Waals surface area contributed by atoms with Crippen LogP contribution in [0.25, 0.3) is 73.6 Å². The Kier molecular flexibility index (Phi) is 6.26. The lowest BCUT2D eigenvalue weighted by Gasteiger charge is -2.25. The minimum Gasteiger partial charge on any atom is -0.462 e. The highest BCUT2D eigenvalue weighted by Gasteiger charge is 2.19. The van der Waals surface area contributed by atoms with Gasteiger partial charge in [0.25, 0.3) is 0 Å². The lowest BCUT2D eigenvalue weighted by Crippen LogP contribution is -2.10. The van der Waals surface area contributed by atoms with E-state index in [0.29, 0.717) is 0 Å². The fraction of sp³-hybridized carbons (Fsp3) is 0. The monoisotopic (exact) mass is 649 g/mol. The van der Waals surface area contributed by atoms with E-state index >= 15 is 0 Å². The summed E-state index contributed by atoms with van der Waals surface area (Å²) in [6.45, 7) is 0. The van der Waals surface area contributed by atoms with Crippen molar-refractivity contribution in [1.29, 1.82) is 0 Å². The van der Waals surface area contributed by atoms with Crippen LogP contribution in [0.1, 0.15) is 0 Å². The summed E-state index contributed by atoms with van der Waals surface area (Å²) < 4.78 is 11.5. The molecule has 3 aromatic heterocycles. The molecule has 0 aliphatic heterocycles. The van der Waals surface area contributed by atoms with Gasteiger partial charge in [-0.2, -0.15) is 0 Å². The molecule has 0 N–H and O–H groups in total. The van der Waals surface area contributed by atoms with E-state index in [1.54, 1.807) is 0 Å². The van der Waals surface area contributed by atoms with Crippen molar-refractivity contribution >= 4 is 91.0 Å². The highest BCUT2D eigenvalue weighted by molar-refractivity contribution is 7.26. The third kappa shape index (κ3) is 4.38. The quantitative estimate of drug-likeness (QED) is 0.184. The van der Waals surface area contributed by atoms with Crippen molar-refractivity contribution < 1.29 is 4.42 Å². The smallest absolute Gasteiger partial charge is 0.158 e. The number of furan rings is 1. The van der Waals surface area contributed by atoms with Crippen molar-refractivity contribution in [3.05, 3.63) is 164 Å². The Morgan fingerprint density at radius 2 is 0.979 bits per heavy atom. The third-order valence-electron chi connectivity index (χ3n) is 9.36. The molecule has 0 atom stereocenters. The second kappa shape index (κ2) is 11.0. The molecule has 0 bridgehead atoms. The normalized spacial score (nSPS) is 11.8. The van der Waals surface area contributed by atoms with Crippen LogP contribution in [-0.2, 0) is 0 Å². The van der Waals surface area contributed by atoms with Gasteiger partial charge in [-0.1, -0.05) is 84.9 Å². The number of nitrogens with zero attached hydrogens (tertiary/aromatic N) is 1. The summed E-state index contributed by atoms with van der Waals surface area (Å²) >= 11 is 3.73. The van der Waals surface area contributed by atoms with Gasteiger partial charge in [-0.3, -0.25) is 0 Å². The minimum atomic E-state index is 0.872. The molecule has 10 rings (SSSR count). The fourth-order valence-electron chi connectivity index (χ4n) is 7.09. The van der Waals surface area contributed by atoms with Gasteiger partial charge < -0.3 is 9.32 Å². The largest absolute Gasteiger partial charge is 0.462 e. The summed E-state index contributed by atoms with van der Waals surface area (Å²) in [7, 11) is 0. The van der Waals surface area contributed by atoms with Gasteiger partial charge in [0.1, 0.15) is 0 Å². The lowest BCUT2D eigenvalue weighted by molar-refractivity contribution is 0.616. The van der Waals surface area contributed by atoms with Gasteiger partial charge in [-0.25, -0.2) is 0 Å². The third-order valence-corrected chi connectivity index (χ3v) is 11.6. The number of hydrogen-bond donors (Lipinski definition) is 0. The molecule has 0 amide bonds. The van der Waals surface area contributed by atoms with Crippen molar-refractivity contribution in [2.75, 3.05) is 4.90 Å². The standard InChI is InChI=1S/C44H27NOS2/c1-3-9-31(10-4-1)45(32-11-5-2-6-12-32)39-20-19-33(36-23-24-46-44(36)39)30-15-18-35-38-26-29(17-22-42(38)48-43(35)27-30)28-16-21-41-37(25-28)34-13-7-8-14-40(34)47-41/h1-27H. The van der Waals surface area contributed by atoms with Crippen LogP contribution in [0.3, 0.4) is 0 Å². The molecule has 10 aromatic rings. The molecule has 0 aliphatic carbocycles. The summed E-state index contributed by atoms with van der Waals surface area (Å²) in [6, 6.07) is 56.9. The number of para-hydroxylation sites is 2. The summed E-state index contributed by atoms with van der Waals surface area (Å²) in [4.78, 5) is 2.26. The molecule has 2 nitrogen and oxygen atoms in total. The van der Waals surface area contributed by atoms with Crippen LogP contribution in [0, 0.1) is 0 Å². The second-order valence-corrected chi connectivity index (χ2v) is 14.3. The highest BCUT2D eigenvalue weighted by Crippen LogP contribution is 2.44. The molecule has 0 unspecified atom stereocenters. The Morgan fingerprint density at radius 1 is 0.396 bits per heavy atom. The molecule has 0 fully saturated rings. The molecule has 226 valence electrons. The molecule has 4 heteroatoms. The maximum absolute atomic E-state index is 6.23. The molecule has 0 aliphatic rings. The number of thiophene rings is 2. The molecule has 3 heterocycles. The Labute approximate surface area is 285 Å². The van der Waals surface area contributed by atoms with E-state index in [-0.39, 0.29) is 0 Å². The van der Waals surface area contributed by atoms with E-state index in [1.165, 1.54) is 62.6 Å². The van der Waals surface area contributed by atoms with Crippen LogP contribution < -0.4 is 4.90 Å². The molecule has 48 heavy (non-hydrogen) atoms. The first-order valence-corrected chi connectivity index (χ1v) is 17.7. The van der Waals surface area contributed by atoms with Crippen molar-refractivity contribution in [1.82, 2.24) is 0 Å². The Morgan fingerprint density at radius 3 is 1.69 bits per heavy atom. The van der Waals surface area contributed by atoms with E-state index in [4.69, 9.17) is 4.42 Å². The van der Waals surface area contributed by atoms with E-state index in [1.807, 2.05) is 28.9 Å². The first-order valence-electron chi connectivity index (χ1n) is 16.1. The van der Waals surface area contributed by atoms with Gasteiger partial charge in [0.05, 0.1) is 12.0 Å². The fourth-order valence-corrected chi connectivity index (χ4v) is 9.30. The molecule has 0 saturated heterocycles. The zero-order valence-corrected chi connectivity index (χ0v) is 27.4. The maximum Gasteiger partial charge on any atom is 0.158 e. The summed E-state index contributed by atoms with van der Waals surface area (Å²) in [5.74, 6) is 0. The molecule has 0 radical (unpaired) electrons. The van der Waals surface area contributed by atoms with Gasteiger partial charge in [0, 0.05) is 57.1 Å². The van der Waals surface area contributed by atoms with Crippen LogP contribution in [0.2, 0.25) is 0 Å². The van der Waals surface area contributed by atoms with Crippen molar-refractivity contribution in [3.63, 3.8) is 0 Å². The molecule has 0 spiro atoms. The number of benzene rings is 7. The predicted octanol–water partition coefficient (Wildman–Crippen LogP) is 14.0. The summed E-state index contributed by atoms with van der Waals surface area (Å²) in [5.41, 5.74) is 8.92. The first-order chi connectivity index (χ1) is 23.8. The Balaban J connectivity index is 1.06. The van der Waals surface area contributed by atoms with Crippen molar-refractivity contribution in [2.45, 2.75) is 0 Å². The zero-order chi connectivity index (χ0) is 31.6. The zero-order valence-electron chi connectivity index (χ0n) is 25.8. The number of hydrogen-bond acceptors (Lipinski definition) is 4. The van der Waals surface area contributed by atoms with Gasteiger partial charge in [0.2, 0.25) is 0 Å². The van der Waals surface area contributed by atoms with Crippen LogP contribution in [0.15, 0.2) is 168 Å². The number of anilines is 3. The van der Waals surface area contributed by atoms with Crippen LogP contribution in [0.5, 0.6) is 0 Å². The van der Waals surface area contributed by atoms with Gasteiger partial charge in [-0.15, -0.1) is 22.7 Å². The van der Waals surface area contributed by atoms with Gasteiger partial charge in [0.15, 0.2) is 5.58 Å². The van der Waals surface area contributed by atoms with Crippen molar-refractivity contribution in [3.8, 4) is 22.3 Å². The van der Waals surface area contributed by atoms with E-state index < -0.39 is 0 Å². The molecular formula is C44H27NOS2. The molecule has 0 saturated carbocycles. The molecule has 7 aromatic carbocycles. The number of fused-ring (bicyclic) bond motifs is 7. The number of rotatable bonds is 5. The van der Waals surface area contributed by atoms with Gasteiger partial charge in [-0.05, 0) is 95.1 Å². The lowest BCUT2D eigenvalue weighted by atomic mass is 9.98. The maximum atomic E-state index is 6.23. The van der Waals surface area contributed by atoms with Crippen LogP contribution in [0.4, 0.5) is 17.1 Å². The Hall–Kier alpha value is -5.68. The average Bonchev–Trinajstić information content (AvgIpc) is 3.88. The van der Waals surface area contributed by atoms with E-state index in [2.05, 4.69) is 163 Å². The van der Waals surface area contributed by atoms with Crippen LogP contribution in [-0.4, -0.2) is 0 Å². The second-order valence-electron chi connectivity index (χ2n) is 12.1. The SMILES string of the molecule is c1ccc(N(c2ccccc2)c2ccc(-c3ccc4c(c3)sc3ccc(-c5ccc6sc7ccccc7c6c5)cc34)c3ccoc23)cc1. The average molecular weight is 650 g/mol. The predicted molar refractivity (Wildman–Crippen MR) is 208 cm³/mol. The highest BCUT2D eigenvalue weighted by atomic mass is 32.1. The van der Waals surface area contributed by atoms with Crippen molar-refractivity contribution in [2.24, 2.45) is 0 Å². The van der Waals surface area contributed by atoms with Crippen LogP contribution >= 0.6 is 22.7 Å². The van der Waals surface area contributed by atoms with E-state index in [9.17, 15) is 0 Å². The van der Waals surface area contributed by atoms with E-state index in [0.717, 1.165) is 28.0 Å². The Bertz CT molecular complexity index is 2750. The van der Waals surface area contributed by atoms with Gasteiger partial charge >= 0.3 is 0 Å². The summed E-state index contributed by atoms with van der Waals surface area (Å²) in [5, 5.41) is 6.37. The molecular weight excluding hydrogens is 623 g/mol. The summed E-state index contributed by atoms with van der Waals surface area (Å²) in [6.07, 6.45) is 1.81.